The van der Waals surface area contributed by atoms with Gasteiger partial charge in [-0.3, -0.25) is 0 Å². The summed E-state index contributed by atoms with van der Waals surface area (Å²) in [5, 5.41) is 13.2. The number of aliphatic hydroxyl groups is 1. The molecule has 4 atom stereocenters. The largest absolute Gasteiger partial charge is 0.394 e. The van der Waals surface area contributed by atoms with Crippen molar-refractivity contribution in [3.63, 3.8) is 0 Å². The van der Waals surface area contributed by atoms with Gasteiger partial charge in [0.1, 0.15) is 0 Å². The zero-order valence-electron chi connectivity index (χ0n) is 13.6. The molecule has 1 saturated heterocycles. The van der Waals surface area contributed by atoms with Gasteiger partial charge in [-0.15, -0.1) is 0 Å². The van der Waals surface area contributed by atoms with E-state index in [9.17, 15) is 5.11 Å². The Kier molecular flexibility index (Phi) is 6.78. The Morgan fingerprint density at radius 2 is 2.05 bits per heavy atom. The Morgan fingerprint density at radius 1 is 1.37 bits per heavy atom. The molecule has 3 nitrogen and oxygen atoms in total. The lowest BCUT2D eigenvalue weighted by Crippen LogP contribution is -2.52. The molecule has 3 heteroatoms. The topological polar surface area (TPSA) is 35.5 Å². The summed E-state index contributed by atoms with van der Waals surface area (Å²) < 4.78 is 0. The lowest BCUT2D eigenvalue weighted by atomic mass is 9.86. The van der Waals surface area contributed by atoms with Gasteiger partial charge in [0.25, 0.3) is 0 Å². The number of hydrogen-bond donors (Lipinski definition) is 2. The van der Waals surface area contributed by atoms with Crippen LogP contribution >= 0.6 is 0 Å². The zero-order valence-corrected chi connectivity index (χ0v) is 13.6. The number of rotatable bonds is 7. The molecule has 0 aliphatic carbocycles. The summed E-state index contributed by atoms with van der Waals surface area (Å²) in [5.74, 6) is 1.64. The van der Waals surface area contributed by atoms with Gasteiger partial charge in [0.2, 0.25) is 0 Å². The minimum Gasteiger partial charge on any atom is -0.394 e. The molecule has 1 heterocycles. The second kappa shape index (κ2) is 7.61. The highest BCUT2D eigenvalue weighted by atomic mass is 16.3. The summed E-state index contributed by atoms with van der Waals surface area (Å²) in [7, 11) is 0. The fourth-order valence-electron chi connectivity index (χ4n) is 3.10. The lowest BCUT2D eigenvalue weighted by Gasteiger charge is -2.42. The van der Waals surface area contributed by atoms with Crippen LogP contribution in [0.2, 0.25) is 0 Å². The Labute approximate surface area is 119 Å². The van der Waals surface area contributed by atoms with Crippen LogP contribution in [-0.2, 0) is 0 Å². The third kappa shape index (κ3) is 5.05. The first-order valence-corrected chi connectivity index (χ1v) is 8.01. The fraction of sp³-hybridized carbons (Fsp3) is 1.00. The summed E-state index contributed by atoms with van der Waals surface area (Å²) in [6.45, 7) is 15.0. The minimum absolute atomic E-state index is 0.137. The predicted octanol–water partition coefficient (Wildman–Crippen LogP) is 2.49. The van der Waals surface area contributed by atoms with Crippen molar-refractivity contribution in [2.24, 2.45) is 11.8 Å². The number of likely N-dealkylation sites (tertiary alicyclic amines) is 1. The first kappa shape index (κ1) is 16.9. The minimum atomic E-state index is -0.137. The van der Waals surface area contributed by atoms with Gasteiger partial charge in [-0.1, -0.05) is 20.8 Å². The van der Waals surface area contributed by atoms with Crippen LogP contribution in [0, 0.1) is 11.8 Å². The van der Waals surface area contributed by atoms with E-state index in [1.807, 2.05) is 0 Å². The molecule has 1 fully saturated rings. The molecule has 1 rings (SSSR count). The molecule has 0 saturated carbocycles. The summed E-state index contributed by atoms with van der Waals surface area (Å²) >= 11 is 0. The highest BCUT2D eigenvalue weighted by Crippen LogP contribution is 2.26. The summed E-state index contributed by atoms with van der Waals surface area (Å²) in [5.41, 5.74) is -0.137. The molecular weight excluding hydrogens is 236 g/mol. The van der Waals surface area contributed by atoms with Crippen LogP contribution in [0.25, 0.3) is 0 Å². The molecule has 0 aromatic rings. The van der Waals surface area contributed by atoms with Crippen molar-refractivity contribution in [1.82, 2.24) is 10.2 Å². The number of nitrogens with one attached hydrogen (secondary N) is 1. The molecule has 19 heavy (non-hydrogen) atoms. The van der Waals surface area contributed by atoms with Gasteiger partial charge in [0.05, 0.1) is 6.61 Å². The van der Waals surface area contributed by atoms with Crippen molar-refractivity contribution in [3.05, 3.63) is 0 Å². The Balaban J connectivity index is 2.50. The molecule has 0 spiro atoms. The van der Waals surface area contributed by atoms with E-state index in [4.69, 9.17) is 0 Å². The average molecular weight is 270 g/mol. The molecule has 0 bridgehead atoms. The monoisotopic (exact) mass is 270 g/mol. The number of hydrogen-bond acceptors (Lipinski definition) is 3. The van der Waals surface area contributed by atoms with E-state index in [1.54, 1.807) is 0 Å². The number of nitrogens with zero attached hydrogens (tertiary/aromatic N) is 1. The fourth-order valence-corrected chi connectivity index (χ4v) is 3.10. The van der Waals surface area contributed by atoms with Crippen LogP contribution in [0.3, 0.4) is 0 Å². The summed E-state index contributed by atoms with van der Waals surface area (Å²) in [6.07, 6.45) is 3.44. The van der Waals surface area contributed by atoms with E-state index < -0.39 is 0 Å². The molecule has 0 radical (unpaired) electrons. The molecule has 0 amide bonds. The van der Waals surface area contributed by atoms with Crippen molar-refractivity contribution >= 4 is 0 Å². The molecule has 0 aromatic heterocycles. The SMILES string of the molecule is CCCNC(C)(CO)CC(C)N1CCC(C)C(C)C1. The number of piperidine rings is 1. The first-order chi connectivity index (χ1) is 8.91. The van der Waals surface area contributed by atoms with Crippen LogP contribution < -0.4 is 5.32 Å². The summed E-state index contributed by atoms with van der Waals surface area (Å²) in [6, 6.07) is 0.538. The van der Waals surface area contributed by atoms with Gasteiger partial charge >= 0.3 is 0 Å². The molecule has 2 N–H and O–H groups in total. The Bertz CT molecular complexity index is 259. The Morgan fingerprint density at radius 3 is 2.58 bits per heavy atom. The van der Waals surface area contributed by atoms with Gasteiger partial charge in [0.15, 0.2) is 0 Å². The smallest absolute Gasteiger partial charge is 0.0611 e. The predicted molar refractivity (Wildman–Crippen MR) is 82.4 cm³/mol. The van der Waals surface area contributed by atoms with E-state index in [2.05, 4.69) is 44.8 Å². The highest BCUT2D eigenvalue weighted by Gasteiger charge is 2.31. The van der Waals surface area contributed by atoms with Crippen molar-refractivity contribution in [2.75, 3.05) is 26.2 Å². The van der Waals surface area contributed by atoms with Gasteiger partial charge < -0.3 is 15.3 Å². The zero-order chi connectivity index (χ0) is 14.5. The van der Waals surface area contributed by atoms with Gasteiger partial charge in [-0.05, 0) is 58.0 Å². The van der Waals surface area contributed by atoms with Crippen molar-refractivity contribution in [3.8, 4) is 0 Å². The van der Waals surface area contributed by atoms with Crippen molar-refractivity contribution in [2.45, 2.75) is 65.5 Å². The summed E-state index contributed by atoms with van der Waals surface area (Å²) in [4.78, 5) is 2.60. The first-order valence-electron chi connectivity index (χ1n) is 8.01. The van der Waals surface area contributed by atoms with Crippen LogP contribution in [0.1, 0.15) is 53.9 Å². The van der Waals surface area contributed by atoms with E-state index in [-0.39, 0.29) is 12.1 Å². The van der Waals surface area contributed by atoms with E-state index in [0.29, 0.717) is 6.04 Å². The second-order valence-electron chi connectivity index (χ2n) is 6.94. The third-order valence-corrected chi connectivity index (χ3v) is 4.89. The lowest BCUT2D eigenvalue weighted by molar-refractivity contribution is 0.0692. The van der Waals surface area contributed by atoms with Crippen LogP contribution in [-0.4, -0.2) is 47.8 Å². The van der Waals surface area contributed by atoms with Crippen LogP contribution in [0.5, 0.6) is 0 Å². The molecule has 1 aliphatic heterocycles. The standard InChI is InChI=1S/C16H34N2O/c1-6-8-17-16(5,12-19)10-15(4)18-9-7-13(2)14(3)11-18/h13-15,17,19H,6-12H2,1-5H3. The van der Waals surface area contributed by atoms with Gasteiger partial charge in [-0.2, -0.15) is 0 Å². The quantitative estimate of drug-likeness (QED) is 0.746. The highest BCUT2D eigenvalue weighted by molar-refractivity contribution is 4.89. The maximum absolute atomic E-state index is 9.67. The maximum atomic E-state index is 9.67. The van der Waals surface area contributed by atoms with E-state index in [1.165, 1.54) is 19.5 Å². The third-order valence-electron chi connectivity index (χ3n) is 4.89. The van der Waals surface area contributed by atoms with Gasteiger partial charge in [-0.25, -0.2) is 0 Å². The van der Waals surface area contributed by atoms with Crippen LogP contribution in [0.15, 0.2) is 0 Å². The van der Waals surface area contributed by atoms with Crippen molar-refractivity contribution < 1.29 is 5.11 Å². The van der Waals surface area contributed by atoms with E-state index >= 15 is 0 Å². The molecule has 114 valence electrons. The molecule has 0 aromatic carbocycles. The number of aliphatic hydroxyl groups excluding tert-OH is 1. The maximum Gasteiger partial charge on any atom is 0.0611 e. The van der Waals surface area contributed by atoms with Crippen molar-refractivity contribution in [1.29, 1.82) is 0 Å². The van der Waals surface area contributed by atoms with E-state index in [0.717, 1.165) is 31.2 Å². The Hall–Kier alpha value is -0.120. The molecule has 1 aliphatic rings. The second-order valence-corrected chi connectivity index (χ2v) is 6.94. The molecular formula is C16H34N2O. The molecule has 4 unspecified atom stereocenters. The van der Waals surface area contributed by atoms with Crippen LogP contribution in [0.4, 0.5) is 0 Å². The normalized spacial score (nSPS) is 30.0. The average Bonchev–Trinajstić information content (AvgIpc) is 2.39. The van der Waals surface area contributed by atoms with Gasteiger partial charge in [0, 0.05) is 18.1 Å².